The van der Waals surface area contributed by atoms with E-state index in [0.29, 0.717) is 11.3 Å². The molecular weight excluding hydrogens is 399 g/mol. The Labute approximate surface area is 168 Å². The molecule has 0 radical (unpaired) electrons. The van der Waals surface area contributed by atoms with Gasteiger partial charge in [-0.1, -0.05) is 30.3 Å². The second-order valence-corrected chi connectivity index (χ2v) is 8.19. The first-order chi connectivity index (χ1) is 13.7. The van der Waals surface area contributed by atoms with Gasteiger partial charge in [-0.2, -0.15) is 5.26 Å². The number of benzene rings is 1. The molecule has 0 saturated heterocycles. The van der Waals surface area contributed by atoms with Crippen LogP contribution in [0.4, 0.5) is 4.39 Å². The number of nitrogens with one attached hydrogen (secondary N) is 2. The number of amides is 1. The van der Waals surface area contributed by atoms with Crippen LogP contribution >= 0.6 is 0 Å². The number of pyridine rings is 1. The first-order valence-electron chi connectivity index (χ1n) is 8.63. The number of aliphatic hydroxyl groups excluding tert-OH is 1. The summed E-state index contributed by atoms with van der Waals surface area (Å²) in [6.07, 6.45) is 0.987. The summed E-state index contributed by atoms with van der Waals surface area (Å²) in [7, 11) is -3.30. The molecule has 0 fully saturated rings. The molecule has 0 aliphatic heterocycles. The molecule has 29 heavy (non-hydrogen) atoms. The molecule has 0 spiro atoms. The zero-order valence-corrected chi connectivity index (χ0v) is 16.5. The number of nitrogens with zero attached hydrogens (tertiary/aromatic N) is 2. The minimum atomic E-state index is -3.30. The SMILES string of the molecule is CS(=O)(=O)NCc1ccc(-c2ccc(C(O)C(CF)NC(=O)CC#N)cc2)cn1. The maximum absolute atomic E-state index is 13.2. The molecule has 0 bridgehead atoms. The Morgan fingerprint density at radius 3 is 2.41 bits per heavy atom. The molecule has 2 atom stereocenters. The van der Waals surface area contributed by atoms with Gasteiger partial charge >= 0.3 is 0 Å². The van der Waals surface area contributed by atoms with Crippen LogP contribution < -0.4 is 10.0 Å². The van der Waals surface area contributed by atoms with E-state index in [-0.39, 0.29) is 6.54 Å². The fraction of sp³-hybridized carbons (Fsp3) is 0.316. The van der Waals surface area contributed by atoms with E-state index in [4.69, 9.17) is 5.26 Å². The summed E-state index contributed by atoms with van der Waals surface area (Å²) < 4.78 is 37.8. The quantitative estimate of drug-likeness (QED) is 0.558. The van der Waals surface area contributed by atoms with E-state index in [1.165, 1.54) is 0 Å². The minimum Gasteiger partial charge on any atom is -0.386 e. The second kappa shape index (κ2) is 10.1. The second-order valence-electron chi connectivity index (χ2n) is 6.36. The molecular formula is C19H21FN4O4S. The van der Waals surface area contributed by atoms with Crippen molar-refractivity contribution < 1.29 is 22.7 Å². The molecule has 10 heteroatoms. The number of hydrogen-bond acceptors (Lipinski definition) is 6. The van der Waals surface area contributed by atoms with Crippen LogP contribution in [0.15, 0.2) is 42.6 Å². The fourth-order valence-corrected chi connectivity index (χ4v) is 2.95. The molecule has 1 aromatic heterocycles. The van der Waals surface area contributed by atoms with Crippen LogP contribution in [0.25, 0.3) is 11.1 Å². The standard InChI is InChI=1S/C19H21FN4O4S/c1-29(27,28)23-12-16-7-6-15(11-22-16)13-2-4-14(5-3-13)19(26)17(10-20)24-18(25)8-9-21/h2-7,11,17,19,23,26H,8,10,12H2,1H3,(H,24,25). The van der Waals surface area contributed by atoms with Gasteiger partial charge < -0.3 is 10.4 Å². The van der Waals surface area contributed by atoms with Gasteiger partial charge in [0.2, 0.25) is 15.9 Å². The molecule has 2 rings (SSSR count). The number of hydrogen-bond donors (Lipinski definition) is 3. The van der Waals surface area contributed by atoms with Crippen LogP contribution in [0.2, 0.25) is 0 Å². The topological polar surface area (TPSA) is 132 Å². The molecule has 0 aliphatic rings. The van der Waals surface area contributed by atoms with E-state index >= 15 is 0 Å². The third kappa shape index (κ3) is 6.90. The van der Waals surface area contributed by atoms with E-state index in [2.05, 4.69) is 15.0 Å². The van der Waals surface area contributed by atoms with Crippen molar-refractivity contribution in [1.29, 1.82) is 5.26 Å². The van der Waals surface area contributed by atoms with Gasteiger partial charge in [-0.3, -0.25) is 9.78 Å². The van der Waals surface area contributed by atoms with Crippen LogP contribution in [0.3, 0.4) is 0 Å². The molecule has 2 aromatic rings. The van der Waals surface area contributed by atoms with Gasteiger partial charge in [0.1, 0.15) is 19.2 Å². The highest BCUT2D eigenvalue weighted by molar-refractivity contribution is 7.88. The summed E-state index contributed by atoms with van der Waals surface area (Å²) in [4.78, 5) is 15.7. The van der Waals surface area contributed by atoms with Crippen molar-refractivity contribution in [2.24, 2.45) is 0 Å². The molecule has 3 N–H and O–H groups in total. The van der Waals surface area contributed by atoms with E-state index in [1.807, 2.05) is 0 Å². The Kier molecular flexibility index (Phi) is 7.78. The molecule has 0 aliphatic carbocycles. The average Bonchev–Trinajstić information content (AvgIpc) is 2.70. The van der Waals surface area contributed by atoms with Gasteiger partial charge in [0, 0.05) is 11.8 Å². The number of alkyl halides is 1. The highest BCUT2D eigenvalue weighted by atomic mass is 32.2. The molecule has 1 aromatic carbocycles. The van der Waals surface area contributed by atoms with Gasteiger partial charge in [-0.15, -0.1) is 0 Å². The third-order valence-corrected chi connectivity index (χ3v) is 4.73. The summed E-state index contributed by atoms with van der Waals surface area (Å²) in [5, 5.41) is 21.1. The van der Waals surface area contributed by atoms with Crippen LogP contribution in [-0.2, 0) is 21.4 Å². The lowest BCUT2D eigenvalue weighted by Gasteiger charge is -2.21. The Morgan fingerprint density at radius 1 is 1.24 bits per heavy atom. The van der Waals surface area contributed by atoms with Gasteiger partial charge in [-0.05, 0) is 17.2 Å². The zero-order chi connectivity index (χ0) is 21.4. The van der Waals surface area contributed by atoms with E-state index in [1.54, 1.807) is 48.7 Å². The van der Waals surface area contributed by atoms with Crippen LogP contribution in [0.5, 0.6) is 0 Å². The van der Waals surface area contributed by atoms with Gasteiger partial charge in [0.25, 0.3) is 0 Å². The van der Waals surface area contributed by atoms with Crippen LogP contribution in [0.1, 0.15) is 23.8 Å². The minimum absolute atomic E-state index is 0.0897. The van der Waals surface area contributed by atoms with Crippen molar-refractivity contribution in [3.8, 4) is 17.2 Å². The largest absolute Gasteiger partial charge is 0.386 e. The summed E-state index contributed by atoms with van der Waals surface area (Å²) in [6, 6.07) is 10.6. The van der Waals surface area contributed by atoms with Crippen molar-refractivity contribution in [3.05, 3.63) is 53.9 Å². The number of carbonyl (C=O) groups is 1. The lowest BCUT2D eigenvalue weighted by molar-refractivity contribution is -0.121. The Morgan fingerprint density at radius 2 is 1.90 bits per heavy atom. The average molecular weight is 420 g/mol. The Bertz CT molecular complexity index is 973. The van der Waals surface area contributed by atoms with Crippen LogP contribution in [0, 0.1) is 11.3 Å². The predicted octanol–water partition coefficient (Wildman–Crippen LogP) is 1.20. The number of carbonyl (C=O) groups excluding carboxylic acids is 1. The predicted molar refractivity (Wildman–Crippen MR) is 104 cm³/mol. The van der Waals surface area contributed by atoms with E-state index in [9.17, 15) is 22.7 Å². The zero-order valence-electron chi connectivity index (χ0n) is 15.7. The Hall–Kier alpha value is -2.87. The fourth-order valence-electron chi connectivity index (χ4n) is 2.54. The van der Waals surface area contributed by atoms with E-state index < -0.39 is 41.2 Å². The summed E-state index contributed by atoms with van der Waals surface area (Å²) in [5.41, 5.74) is 2.54. The summed E-state index contributed by atoms with van der Waals surface area (Å²) in [5.74, 6) is -0.651. The number of halogens is 1. The molecule has 1 amide bonds. The van der Waals surface area contributed by atoms with Crippen molar-refractivity contribution in [2.45, 2.75) is 25.1 Å². The normalized spacial score (nSPS) is 13.3. The first-order valence-corrected chi connectivity index (χ1v) is 10.5. The number of sulfonamides is 1. The summed E-state index contributed by atoms with van der Waals surface area (Å²) in [6.45, 7) is -0.890. The monoisotopic (exact) mass is 420 g/mol. The Balaban J connectivity index is 2.07. The van der Waals surface area contributed by atoms with Crippen molar-refractivity contribution in [2.75, 3.05) is 12.9 Å². The molecule has 8 nitrogen and oxygen atoms in total. The summed E-state index contributed by atoms with van der Waals surface area (Å²) >= 11 is 0. The maximum atomic E-state index is 13.2. The van der Waals surface area contributed by atoms with Gasteiger partial charge in [0.15, 0.2) is 0 Å². The number of aromatic nitrogens is 1. The molecule has 2 unspecified atom stereocenters. The van der Waals surface area contributed by atoms with E-state index in [0.717, 1.165) is 17.4 Å². The smallest absolute Gasteiger partial charge is 0.234 e. The number of nitriles is 1. The van der Waals surface area contributed by atoms with Crippen molar-refractivity contribution in [3.63, 3.8) is 0 Å². The lowest BCUT2D eigenvalue weighted by Crippen LogP contribution is -2.40. The van der Waals surface area contributed by atoms with Gasteiger partial charge in [0.05, 0.1) is 30.6 Å². The first kappa shape index (κ1) is 22.4. The highest BCUT2D eigenvalue weighted by Gasteiger charge is 2.22. The number of aliphatic hydroxyl groups is 1. The van der Waals surface area contributed by atoms with Crippen molar-refractivity contribution >= 4 is 15.9 Å². The van der Waals surface area contributed by atoms with Crippen molar-refractivity contribution in [1.82, 2.24) is 15.0 Å². The molecule has 1 heterocycles. The lowest BCUT2D eigenvalue weighted by atomic mass is 9.99. The van der Waals surface area contributed by atoms with Gasteiger partial charge in [-0.25, -0.2) is 17.5 Å². The van der Waals surface area contributed by atoms with Crippen LogP contribution in [-0.4, -0.2) is 43.4 Å². The highest BCUT2D eigenvalue weighted by Crippen LogP contribution is 2.23. The molecule has 154 valence electrons. The molecule has 0 saturated carbocycles. The third-order valence-electron chi connectivity index (χ3n) is 4.06. The maximum Gasteiger partial charge on any atom is 0.234 e. The number of rotatable bonds is 9.